The average molecular weight is 270 g/mol. The standard InChI is InChI=1S/C11H18N4O4/c1-7(2)8(10(16)17)5-13-11(18)12-4-3-9-14-6-19-15-9/h6-8H,3-5H2,1-2H3,(H,16,17)(H2,12,13,18). The van der Waals surface area contributed by atoms with Crippen LogP contribution in [0, 0.1) is 11.8 Å². The predicted molar refractivity (Wildman–Crippen MR) is 65.4 cm³/mol. The first-order chi connectivity index (χ1) is 9.00. The van der Waals surface area contributed by atoms with E-state index in [1.54, 1.807) is 13.8 Å². The fraction of sp³-hybridized carbons (Fsp3) is 0.636. The predicted octanol–water partition coefficient (Wildman–Crippen LogP) is 0.268. The maximum absolute atomic E-state index is 11.4. The summed E-state index contributed by atoms with van der Waals surface area (Å²) in [5.74, 6) is -1.05. The van der Waals surface area contributed by atoms with Crippen molar-refractivity contribution < 1.29 is 19.2 Å². The van der Waals surface area contributed by atoms with Crippen LogP contribution in [0.2, 0.25) is 0 Å². The van der Waals surface area contributed by atoms with E-state index >= 15 is 0 Å². The summed E-state index contributed by atoms with van der Waals surface area (Å²) >= 11 is 0. The minimum Gasteiger partial charge on any atom is -0.481 e. The summed E-state index contributed by atoms with van der Waals surface area (Å²) in [6, 6.07) is -0.407. The third kappa shape index (κ3) is 5.36. The number of urea groups is 1. The smallest absolute Gasteiger partial charge is 0.314 e. The number of carboxylic acids is 1. The van der Waals surface area contributed by atoms with Crippen LogP contribution in [0.3, 0.4) is 0 Å². The van der Waals surface area contributed by atoms with Crippen LogP contribution >= 0.6 is 0 Å². The molecule has 0 aromatic carbocycles. The highest BCUT2D eigenvalue weighted by Crippen LogP contribution is 2.09. The van der Waals surface area contributed by atoms with Crippen molar-refractivity contribution in [2.75, 3.05) is 13.1 Å². The van der Waals surface area contributed by atoms with Crippen LogP contribution < -0.4 is 10.6 Å². The fourth-order valence-electron chi connectivity index (χ4n) is 1.46. The van der Waals surface area contributed by atoms with Crippen LogP contribution in [0.15, 0.2) is 10.9 Å². The van der Waals surface area contributed by atoms with Crippen molar-refractivity contribution in [1.29, 1.82) is 0 Å². The van der Waals surface area contributed by atoms with Crippen LogP contribution in [-0.4, -0.2) is 40.3 Å². The van der Waals surface area contributed by atoms with Gasteiger partial charge in [-0.3, -0.25) is 4.79 Å². The van der Waals surface area contributed by atoms with E-state index in [1.807, 2.05) is 0 Å². The Hall–Kier alpha value is -2.12. The summed E-state index contributed by atoms with van der Waals surface area (Å²) in [6.45, 7) is 4.05. The molecule has 1 atom stereocenters. The van der Waals surface area contributed by atoms with Crippen molar-refractivity contribution in [3.05, 3.63) is 12.2 Å². The van der Waals surface area contributed by atoms with E-state index in [-0.39, 0.29) is 12.5 Å². The lowest BCUT2D eigenvalue weighted by Crippen LogP contribution is -2.41. The van der Waals surface area contributed by atoms with Crippen LogP contribution in [0.4, 0.5) is 4.79 Å². The summed E-state index contributed by atoms with van der Waals surface area (Å²) in [6.07, 6.45) is 1.67. The number of amides is 2. The Morgan fingerprint density at radius 2 is 2.16 bits per heavy atom. The molecule has 1 aromatic heterocycles. The van der Waals surface area contributed by atoms with Crippen molar-refractivity contribution in [1.82, 2.24) is 20.8 Å². The summed E-state index contributed by atoms with van der Waals surface area (Å²) < 4.78 is 4.55. The number of carbonyl (C=O) groups excluding carboxylic acids is 1. The maximum Gasteiger partial charge on any atom is 0.314 e. The van der Waals surface area contributed by atoms with Crippen LogP contribution in [0.1, 0.15) is 19.7 Å². The maximum atomic E-state index is 11.4. The molecule has 1 heterocycles. The Kier molecular flexibility index (Phi) is 5.77. The highest BCUT2D eigenvalue weighted by atomic mass is 16.5. The van der Waals surface area contributed by atoms with Gasteiger partial charge in [0.1, 0.15) is 0 Å². The van der Waals surface area contributed by atoms with Crippen LogP contribution in [-0.2, 0) is 11.2 Å². The SMILES string of the molecule is CC(C)C(CNC(=O)NCCc1ncon1)C(=O)O. The second-order valence-electron chi connectivity index (χ2n) is 4.42. The molecule has 0 aliphatic heterocycles. The molecule has 1 aromatic rings. The molecule has 8 nitrogen and oxygen atoms in total. The number of aromatic nitrogens is 2. The number of nitrogens with zero attached hydrogens (tertiary/aromatic N) is 2. The van der Waals surface area contributed by atoms with Crippen molar-refractivity contribution in [2.45, 2.75) is 20.3 Å². The van der Waals surface area contributed by atoms with Crippen molar-refractivity contribution in [3.63, 3.8) is 0 Å². The van der Waals surface area contributed by atoms with Gasteiger partial charge in [-0.05, 0) is 5.92 Å². The molecule has 8 heteroatoms. The van der Waals surface area contributed by atoms with E-state index in [1.165, 1.54) is 6.39 Å². The lowest BCUT2D eigenvalue weighted by Gasteiger charge is -2.16. The quantitative estimate of drug-likeness (QED) is 0.654. The van der Waals surface area contributed by atoms with Gasteiger partial charge in [-0.25, -0.2) is 4.79 Å². The Bertz CT molecular complexity index is 405. The molecule has 0 saturated carbocycles. The minimum atomic E-state index is -0.915. The number of nitrogens with one attached hydrogen (secondary N) is 2. The molecule has 19 heavy (non-hydrogen) atoms. The third-order valence-corrected chi connectivity index (χ3v) is 2.65. The van der Waals surface area contributed by atoms with E-state index in [4.69, 9.17) is 5.11 Å². The number of hydrogen-bond donors (Lipinski definition) is 3. The van der Waals surface area contributed by atoms with E-state index in [2.05, 4.69) is 25.3 Å². The van der Waals surface area contributed by atoms with Gasteiger partial charge >= 0.3 is 12.0 Å². The minimum absolute atomic E-state index is 0.0443. The Morgan fingerprint density at radius 1 is 1.42 bits per heavy atom. The molecule has 3 N–H and O–H groups in total. The summed E-state index contributed by atoms with van der Waals surface area (Å²) in [5.41, 5.74) is 0. The first-order valence-corrected chi connectivity index (χ1v) is 6.00. The van der Waals surface area contributed by atoms with Crippen molar-refractivity contribution in [3.8, 4) is 0 Å². The first kappa shape index (κ1) is 14.9. The largest absolute Gasteiger partial charge is 0.481 e. The average Bonchev–Trinajstić information content (AvgIpc) is 2.81. The van der Waals surface area contributed by atoms with Crippen molar-refractivity contribution in [2.24, 2.45) is 11.8 Å². The van der Waals surface area contributed by atoms with Gasteiger partial charge in [0.05, 0.1) is 5.92 Å². The van der Waals surface area contributed by atoms with Gasteiger partial charge in [0, 0.05) is 19.5 Å². The van der Waals surface area contributed by atoms with Gasteiger partial charge in [-0.1, -0.05) is 19.0 Å². The molecule has 0 saturated heterocycles. The molecular formula is C11H18N4O4. The number of hydrogen-bond acceptors (Lipinski definition) is 5. The van der Waals surface area contributed by atoms with Gasteiger partial charge in [-0.2, -0.15) is 4.98 Å². The zero-order chi connectivity index (χ0) is 14.3. The third-order valence-electron chi connectivity index (χ3n) is 2.65. The van der Waals surface area contributed by atoms with E-state index < -0.39 is 17.9 Å². The van der Waals surface area contributed by atoms with E-state index in [9.17, 15) is 9.59 Å². The highest BCUT2D eigenvalue weighted by Gasteiger charge is 2.21. The Morgan fingerprint density at radius 3 is 2.68 bits per heavy atom. The highest BCUT2D eigenvalue weighted by molar-refractivity contribution is 5.75. The van der Waals surface area contributed by atoms with E-state index in [0.29, 0.717) is 18.8 Å². The topological polar surface area (TPSA) is 117 Å². The molecule has 0 aliphatic carbocycles. The fourth-order valence-corrected chi connectivity index (χ4v) is 1.46. The summed E-state index contributed by atoms with van der Waals surface area (Å²) in [4.78, 5) is 26.2. The lowest BCUT2D eigenvalue weighted by molar-refractivity contribution is -0.142. The van der Waals surface area contributed by atoms with Crippen LogP contribution in [0.25, 0.3) is 0 Å². The normalized spacial score (nSPS) is 12.2. The molecule has 106 valence electrons. The molecule has 0 radical (unpaired) electrons. The molecule has 1 unspecified atom stereocenters. The summed E-state index contributed by atoms with van der Waals surface area (Å²) in [7, 11) is 0. The molecule has 1 rings (SSSR count). The van der Waals surface area contributed by atoms with Gasteiger partial charge in [0.25, 0.3) is 0 Å². The molecule has 0 fully saturated rings. The second kappa shape index (κ2) is 7.34. The van der Waals surface area contributed by atoms with Gasteiger partial charge in [-0.15, -0.1) is 0 Å². The zero-order valence-electron chi connectivity index (χ0n) is 10.9. The monoisotopic (exact) mass is 270 g/mol. The second-order valence-corrected chi connectivity index (χ2v) is 4.42. The number of carboxylic acid groups (broad SMARTS) is 1. The molecular weight excluding hydrogens is 252 g/mol. The Balaban J connectivity index is 2.22. The van der Waals surface area contributed by atoms with Gasteiger partial charge < -0.3 is 20.3 Å². The first-order valence-electron chi connectivity index (χ1n) is 6.00. The van der Waals surface area contributed by atoms with Crippen LogP contribution in [0.5, 0.6) is 0 Å². The van der Waals surface area contributed by atoms with Crippen molar-refractivity contribution >= 4 is 12.0 Å². The number of carbonyl (C=O) groups is 2. The number of rotatable bonds is 7. The van der Waals surface area contributed by atoms with E-state index in [0.717, 1.165) is 0 Å². The molecule has 0 bridgehead atoms. The zero-order valence-corrected chi connectivity index (χ0v) is 10.9. The molecule has 0 spiro atoms. The summed E-state index contributed by atoms with van der Waals surface area (Å²) in [5, 5.41) is 17.7. The lowest BCUT2D eigenvalue weighted by atomic mass is 9.96. The van der Waals surface area contributed by atoms with Gasteiger partial charge in [0.15, 0.2) is 5.82 Å². The molecule has 0 aliphatic rings. The number of aliphatic carboxylic acids is 1. The molecule has 2 amide bonds. The Labute approximate surface area is 110 Å². The van der Waals surface area contributed by atoms with Gasteiger partial charge in [0.2, 0.25) is 6.39 Å².